The summed E-state index contributed by atoms with van der Waals surface area (Å²) in [5.74, 6) is -1.29. The predicted molar refractivity (Wildman–Crippen MR) is 150 cm³/mol. The van der Waals surface area contributed by atoms with Gasteiger partial charge in [0.15, 0.2) is 0 Å². The standard InChI is InChI=1S/C29H31F3N10O2/c30-29(31,32)27-38-19(12-40-13-21(43)14-40)9-24(39-27)44-22-3-1-20(2-4-22)41-15-28(16-41,6-7-33)42-11-18(10-37-42)25-23-5-8-34-26(23)36-17-35-25/h5,8-11,17,20-22,43H,1-4,6,12-16H2,(H,34,35,36). The van der Waals surface area contributed by atoms with Crippen molar-refractivity contribution in [2.24, 2.45) is 0 Å². The molecular formula is C29H31F3N10O2. The molecule has 0 aromatic carbocycles. The first-order valence-corrected chi connectivity index (χ1v) is 14.7. The van der Waals surface area contributed by atoms with E-state index in [1.807, 2.05) is 28.0 Å². The second-order valence-electron chi connectivity index (χ2n) is 12.0. The maximum absolute atomic E-state index is 13.5. The Labute approximate surface area is 250 Å². The lowest BCUT2D eigenvalue weighted by Crippen LogP contribution is -2.65. The van der Waals surface area contributed by atoms with Gasteiger partial charge in [-0.25, -0.2) is 15.0 Å². The van der Waals surface area contributed by atoms with E-state index in [-0.39, 0.29) is 30.3 Å². The van der Waals surface area contributed by atoms with Crippen LogP contribution in [0.1, 0.15) is 43.6 Å². The number of ether oxygens (including phenoxy) is 1. The molecule has 4 aromatic rings. The number of hydrogen-bond donors (Lipinski definition) is 2. The molecular weight excluding hydrogens is 577 g/mol. The van der Waals surface area contributed by atoms with Crippen molar-refractivity contribution < 1.29 is 23.0 Å². The molecule has 2 saturated heterocycles. The van der Waals surface area contributed by atoms with Crippen LogP contribution < -0.4 is 4.74 Å². The molecule has 0 atom stereocenters. The van der Waals surface area contributed by atoms with Gasteiger partial charge in [0.2, 0.25) is 11.7 Å². The summed E-state index contributed by atoms with van der Waals surface area (Å²) in [6, 6.07) is 6.01. The van der Waals surface area contributed by atoms with Gasteiger partial charge in [0.05, 0.1) is 36.2 Å². The number of nitrogens with one attached hydrogen (secondary N) is 1. The molecule has 1 aliphatic carbocycles. The first-order chi connectivity index (χ1) is 21.2. The van der Waals surface area contributed by atoms with Crippen molar-refractivity contribution in [3.8, 4) is 23.2 Å². The molecule has 12 nitrogen and oxygen atoms in total. The minimum atomic E-state index is -4.69. The summed E-state index contributed by atoms with van der Waals surface area (Å²) < 4.78 is 48.4. The van der Waals surface area contributed by atoms with E-state index in [9.17, 15) is 23.5 Å². The van der Waals surface area contributed by atoms with E-state index in [0.717, 1.165) is 35.1 Å². The number of aromatic nitrogens is 7. The van der Waals surface area contributed by atoms with E-state index in [4.69, 9.17) is 4.74 Å². The normalized spacial score (nSPS) is 22.8. The molecule has 0 bridgehead atoms. The molecule has 15 heteroatoms. The predicted octanol–water partition coefficient (Wildman–Crippen LogP) is 3.12. The first kappa shape index (κ1) is 28.6. The molecule has 4 aromatic heterocycles. The lowest BCUT2D eigenvalue weighted by Gasteiger charge is -2.53. The highest BCUT2D eigenvalue weighted by Crippen LogP contribution is 2.39. The molecule has 0 amide bonds. The molecule has 7 rings (SSSR count). The number of likely N-dealkylation sites (tertiary alicyclic amines) is 2. The quantitative estimate of drug-likeness (QED) is 0.306. The van der Waals surface area contributed by atoms with Gasteiger partial charge >= 0.3 is 6.18 Å². The molecule has 2 N–H and O–H groups in total. The van der Waals surface area contributed by atoms with E-state index < -0.39 is 23.6 Å². The summed E-state index contributed by atoms with van der Waals surface area (Å²) in [6.07, 6.45) is 4.97. The molecule has 2 aliphatic heterocycles. The van der Waals surface area contributed by atoms with E-state index >= 15 is 0 Å². The number of aliphatic hydroxyl groups excluding tert-OH is 1. The van der Waals surface area contributed by atoms with Crippen LogP contribution in [-0.4, -0.2) is 94.0 Å². The Morgan fingerprint density at radius 2 is 1.93 bits per heavy atom. The van der Waals surface area contributed by atoms with Crippen molar-refractivity contribution in [1.29, 1.82) is 5.26 Å². The van der Waals surface area contributed by atoms with Crippen molar-refractivity contribution in [2.75, 3.05) is 26.2 Å². The van der Waals surface area contributed by atoms with Crippen molar-refractivity contribution in [1.82, 2.24) is 44.5 Å². The monoisotopic (exact) mass is 608 g/mol. The minimum Gasteiger partial charge on any atom is -0.474 e. The molecule has 1 saturated carbocycles. The van der Waals surface area contributed by atoms with E-state index in [1.165, 1.54) is 12.4 Å². The maximum atomic E-state index is 13.5. The summed E-state index contributed by atoms with van der Waals surface area (Å²) in [7, 11) is 0. The minimum absolute atomic E-state index is 0.0704. The third kappa shape index (κ3) is 5.49. The van der Waals surface area contributed by atoms with Gasteiger partial charge < -0.3 is 14.8 Å². The summed E-state index contributed by atoms with van der Waals surface area (Å²) in [6.45, 7) is 2.35. The summed E-state index contributed by atoms with van der Waals surface area (Å²) in [5.41, 5.74) is 2.16. The van der Waals surface area contributed by atoms with Crippen LogP contribution in [0.2, 0.25) is 0 Å². The van der Waals surface area contributed by atoms with Crippen molar-refractivity contribution in [3.63, 3.8) is 0 Å². The van der Waals surface area contributed by atoms with Crippen LogP contribution in [-0.2, 0) is 18.3 Å². The number of nitrogens with zero attached hydrogens (tertiary/aromatic N) is 9. The molecule has 0 unspecified atom stereocenters. The summed E-state index contributed by atoms with van der Waals surface area (Å²) >= 11 is 0. The molecule has 230 valence electrons. The van der Waals surface area contributed by atoms with Gasteiger partial charge in [0.1, 0.15) is 23.6 Å². The summed E-state index contributed by atoms with van der Waals surface area (Å²) in [5, 5.41) is 24.7. The Hall–Kier alpha value is -4.13. The average molecular weight is 609 g/mol. The smallest absolute Gasteiger partial charge is 0.451 e. The lowest BCUT2D eigenvalue weighted by atomic mass is 9.82. The first-order valence-electron chi connectivity index (χ1n) is 14.7. The zero-order valence-electron chi connectivity index (χ0n) is 23.8. The molecule has 44 heavy (non-hydrogen) atoms. The Morgan fingerprint density at radius 3 is 2.66 bits per heavy atom. The highest BCUT2D eigenvalue weighted by Gasteiger charge is 2.48. The number of aromatic amines is 1. The zero-order chi connectivity index (χ0) is 30.5. The highest BCUT2D eigenvalue weighted by molar-refractivity contribution is 5.90. The van der Waals surface area contributed by atoms with Crippen LogP contribution in [0, 0.1) is 11.3 Å². The third-order valence-electron chi connectivity index (χ3n) is 8.88. The number of alkyl halides is 3. The lowest BCUT2D eigenvalue weighted by molar-refractivity contribution is -0.145. The van der Waals surface area contributed by atoms with Crippen LogP contribution in [0.4, 0.5) is 13.2 Å². The largest absolute Gasteiger partial charge is 0.474 e. The molecule has 6 heterocycles. The number of rotatable bonds is 8. The van der Waals surface area contributed by atoms with Gasteiger partial charge in [-0.05, 0) is 31.7 Å². The SMILES string of the molecule is N#CCC1(n2cc(-c3ncnc4[nH]ccc34)cn2)CN(C2CCC(Oc3cc(CN4CC(O)C4)nc(C(F)(F)F)n3)CC2)C1. The second kappa shape index (κ2) is 11.1. The number of hydrogen-bond acceptors (Lipinski definition) is 10. The molecule has 0 radical (unpaired) electrons. The van der Waals surface area contributed by atoms with Crippen LogP contribution in [0.5, 0.6) is 5.88 Å². The number of fused-ring (bicyclic) bond motifs is 1. The van der Waals surface area contributed by atoms with E-state index in [0.29, 0.717) is 45.4 Å². The van der Waals surface area contributed by atoms with Gasteiger partial charge in [0.25, 0.3) is 0 Å². The Bertz CT molecular complexity index is 1680. The highest BCUT2D eigenvalue weighted by atomic mass is 19.4. The topological polar surface area (TPSA) is 145 Å². The van der Waals surface area contributed by atoms with Crippen LogP contribution >= 0.6 is 0 Å². The van der Waals surface area contributed by atoms with E-state index in [2.05, 4.69) is 41.0 Å². The molecule has 0 spiro atoms. The van der Waals surface area contributed by atoms with Gasteiger partial charge in [-0.2, -0.15) is 28.5 Å². The maximum Gasteiger partial charge on any atom is 0.451 e. The van der Waals surface area contributed by atoms with Gasteiger partial charge in [-0.15, -0.1) is 0 Å². The fourth-order valence-corrected chi connectivity index (χ4v) is 6.60. The third-order valence-corrected chi connectivity index (χ3v) is 8.88. The second-order valence-corrected chi connectivity index (χ2v) is 12.0. The van der Waals surface area contributed by atoms with Crippen molar-refractivity contribution >= 4 is 11.0 Å². The number of halogens is 3. The van der Waals surface area contributed by atoms with Gasteiger partial charge in [-0.1, -0.05) is 0 Å². The molecule has 3 fully saturated rings. The fourth-order valence-electron chi connectivity index (χ4n) is 6.60. The van der Waals surface area contributed by atoms with Gasteiger partial charge in [-0.3, -0.25) is 14.5 Å². The van der Waals surface area contributed by atoms with Crippen LogP contribution in [0.3, 0.4) is 0 Å². The average Bonchev–Trinajstić information content (AvgIpc) is 3.64. The molecule has 3 aliphatic rings. The fraction of sp³-hybridized carbons (Fsp3) is 0.517. The van der Waals surface area contributed by atoms with Gasteiger partial charge in [0, 0.05) is 68.2 Å². The zero-order valence-corrected chi connectivity index (χ0v) is 23.8. The van der Waals surface area contributed by atoms with Crippen LogP contribution in [0.25, 0.3) is 22.3 Å². The number of aliphatic hydroxyl groups is 1. The van der Waals surface area contributed by atoms with Crippen molar-refractivity contribution in [3.05, 3.63) is 48.6 Å². The summed E-state index contributed by atoms with van der Waals surface area (Å²) in [4.78, 5) is 23.3. The number of β-amino-alcohol motifs (C(OH)–C–C–N with tert-alkyl or cyclic N) is 1. The van der Waals surface area contributed by atoms with Crippen molar-refractivity contribution in [2.45, 2.75) is 68.6 Å². The Balaban J connectivity index is 0.981. The number of nitriles is 1. The van der Waals surface area contributed by atoms with E-state index in [1.54, 1.807) is 6.20 Å². The Morgan fingerprint density at radius 1 is 1.14 bits per heavy atom. The Kier molecular flexibility index (Phi) is 7.22. The number of H-pyrrole nitrogens is 1. The van der Waals surface area contributed by atoms with Crippen LogP contribution in [0.15, 0.2) is 37.1 Å².